The number of unbranched alkanes of at least 4 members (excludes halogenated alkanes) is 1. The molecule has 4 aromatic rings. The number of hydrogen-bond donors (Lipinski definition) is 2. The van der Waals surface area contributed by atoms with Gasteiger partial charge in [-0.25, -0.2) is 9.97 Å². The molecule has 1 saturated heterocycles. The lowest BCUT2D eigenvalue weighted by Crippen LogP contribution is -2.44. The SMILES string of the molecule is CN1CCN(c2ccnc3nc(CN(CCCCN)Cc4ncccc4-c4ccc(C(F)(F)F)cc4)[nH]c23)CC1. The molecule has 1 fully saturated rings. The van der Waals surface area contributed by atoms with E-state index in [1.165, 1.54) is 12.1 Å². The van der Waals surface area contributed by atoms with E-state index < -0.39 is 11.7 Å². The van der Waals surface area contributed by atoms with Crippen LogP contribution in [0.4, 0.5) is 18.9 Å². The van der Waals surface area contributed by atoms with E-state index >= 15 is 0 Å². The van der Waals surface area contributed by atoms with E-state index in [0.717, 1.165) is 86.0 Å². The lowest BCUT2D eigenvalue weighted by molar-refractivity contribution is -0.137. The molecular weight excluding hydrogens is 517 g/mol. The van der Waals surface area contributed by atoms with Gasteiger partial charge in [-0.05, 0) is 62.8 Å². The van der Waals surface area contributed by atoms with E-state index in [2.05, 4.69) is 36.7 Å². The Hall–Kier alpha value is -3.54. The maximum Gasteiger partial charge on any atom is 0.416 e. The van der Waals surface area contributed by atoms with Crippen LogP contribution < -0.4 is 10.6 Å². The standard InChI is InChI=1S/C29H35F3N8/c1-38-15-17-40(18-16-38)25-10-13-35-28-27(25)36-26(37-28)20-39(14-3-2-11-33)19-24-23(5-4-12-34-24)21-6-8-22(9-7-21)29(30,31)32/h4-10,12-13H,2-3,11,14-20,33H2,1H3,(H,35,36,37). The number of halogens is 3. The highest BCUT2D eigenvalue weighted by molar-refractivity contribution is 5.86. The Balaban J connectivity index is 1.39. The molecule has 0 spiro atoms. The van der Waals surface area contributed by atoms with Crippen LogP contribution in [0, 0.1) is 0 Å². The zero-order valence-corrected chi connectivity index (χ0v) is 22.7. The number of piperazine rings is 1. The Morgan fingerprint density at radius 1 is 0.950 bits per heavy atom. The van der Waals surface area contributed by atoms with Crippen LogP contribution >= 0.6 is 0 Å². The number of aromatic nitrogens is 4. The van der Waals surface area contributed by atoms with E-state index in [9.17, 15) is 13.2 Å². The van der Waals surface area contributed by atoms with Crippen LogP contribution in [0.3, 0.4) is 0 Å². The molecule has 0 bridgehead atoms. The molecule has 3 aromatic heterocycles. The topological polar surface area (TPSA) is 90.2 Å². The van der Waals surface area contributed by atoms with Gasteiger partial charge in [-0.3, -0.25) is 9.88 Å². The van der Waals surface area contributed by atoms with Crippen molar-refractivity contribution in [1.29, 1.82) is 0 Å². The summed E-state index contributed by atoms with van der Waals surface area (Å²) in [7, 11) is 2.14. The quantitative estimate of drug-likeness (QED) is 0.280. The van der Waals surface area contributed by atoms with Crippen LogP contribution in [0.1, 0.15) is 29.9 Å². The summed E-state index contributed by atoms with van der Waals surface area (Å²) in [5.74, 6) is 0.809. The fraction of sp³-hybridized carbons (Fsp3) is 0.414. The number of fused-ring (bicyclic) bond motifs is 1. The Morgan fingerprint density at radius 3 is 2.45 bits per heavy atom. The van der Waals surface area contributed by atoms with Gasteiger partial charge in [0.1, 0.15) is 11.3 Å². The third-order valence-electron chi connectivity index (χ3n) is 7.35. The highest BCUT2D eigenvalue weighted by Crippen LogP contribution is 2.32. The molecule has 0 aliphatic carbocycles. The highest BCUT2D eigenvalue weighted by Gasteiger charge is 2.30. The Morgan fingerprint density at radius 2 is 1.73 bits per heavy atom. The van der Waals surface area contributed by atoms with Gasteiger partial charge in [0.05, 0.1) is 23.5 Å². The lowest BCUT2D eigenvalue weighted by atomic mass is 10.0. The van der Waals surface area contributed by atoms with E-state index in [0.29, 0.717) is 30.8 Å². The molecule has 0 radical (unpaired) electrons. The first-order chi connectivity index (χ1) is 19.3. The van der Waals surface area contributed by atoms with Crippen LogP contribution in [0.25, 0.3) is 22.3 Å². The van der Waals surface area contributed by atoms with Crippen molar-refractivity contribution in [2.75, 3.05) is 51.2 Å². The third kappa shape index (κ3) is 6.60. The van der Waals surface area contributed by atoms with E-state index in [-0.39, 0.29) is 0 Å². The lowest BCUT2D eigenvalue weighted by Gasteiger charge is -2.34. The second-order valence-corrected chi connectivity index (χ2v) is 10.3. The fourth-order valence-electron chi connectivity index (χ4n) is 5.11. The average Bonchev–Trinajstić information content (AvgIpc) is 3.36. The summed E-state index contributed by atoms with van der Waals surface area (Å²) < 4.78 is 39.3. The molecule has 3 N–H and O–H groups in total. The Bertz CT molecular complexity index is 1390. The first-order valence-corrected chi connectivity index (χ1v) is 13.6. The molecule has 1 aromatic carbocycles. The van der Waals surface area contributed by atoms with Crippen molar-refractivity contribution in [3.8, 4) is 11.1 Å². The van der Waals surface area contributed by atoms with Gasteiger partial charge >= 0.3 is 6.18 Å². The number of nitrogens with two attached hydrogens (primary N) is 1. The molecule has 11 heteroatoms. The summed E-state index contributed by atoms with van der Waals surface area (Å²) in [5.41, 5.74) is 10.1. The average molecular weight is 553 g/mol. The van der Waals surface area contributed by atoms with Gasteiger partial charge in [0.2, 0.25) is 0 Å². The summed E-state index contributed by atoms with van der Waals surface area (Å²) in [6.45, 7) is 6.34. The summed E-state index contributed by atoms with van der Waals surface area (Å²) in [5, 5.41) is 0. The molecule has 0 amide bonds. The van der Waals surface area contributed by atoms with Gasteiger partial charge in [-0.15, -0.1) is 0 Å². The number of likely N-dealkylation sites (N-methyl/N-ethyl adjacent to an activating group) is 1. The molecule has 4 heterocycles. The number of nitrogens with zero attached hydrogens (tertiary/aromatic N) is 6. The molecular formula is C29H35F3N8. The van der Waals surface area contributed by atoms with Crippen molar-refractivity contribution in [3.05, 3.63) is 71.9 Å². The first kappa shape index (κ1) is 28.0. The number of aromatic amines is 1. The minimum absolute atomic E-state index is 0.511. The third-order valence-corrected chi connectivity index (χ3v) is 7.35. The molecule has 1 aliphatic heterocycles. The molecule has 0 unspecified atom stereocenters. The van der Waals surface area contributed by atoms with Gasteiger partial charge in [-0.1, -0.05) is 18.2 Å². The van der Waals surface area contributed by atoms with Gasteiger partial charge in [0.15, 0.2) is 5.65 Å². The highest BCUT2D eigenvalue weighted by atomic mass is 19.4. The van der Waals surface area contributed by atoms with E-state index in [1.54, 1.807) is 12.3 Å². The van der Waals surface area contributed by atoms with Crippen molar-refractivity contribution in [1.82, 2.24) is 29.7 Å². The van der Waals surface area contributed by atoms with Crippen molar-refractivity contribution in [2.24, 2.45) is 5.73 Å². The number of benzene rings is 1. The van der Waals surface area contributed by atoms with E-state index in [4.69, 9.17) is 10.7 Å². The normalized spacial score (nSPS) is 14.9. The molecule has 0 atom stereocenters. The van der Waals surface area contributed by atoms with Crippen LogP contribution in [0.15, 0.2) is 54.9 Å². The van der Waals surface area contributed by atoms with Crippen LogP contribution in [0.5, 0.6) is 0 Å². The number of pyridine rings is 2. The summed E-state index contributed by atoms with van der Waals surface area (Å²) in [6, 6.07) is 11.0. The van der Waals surface area contributed by atoms with E-state index in [1.807, 2.05) is 18.3 Å². The summed E-state index contributed by atoms with van der Waals surface area (Å²) in [4.78, 5) is 24.4. The molecule has 1 aliphatic rings. The predicted octanol–water partition coefficient (Wildman–Crippen LogP) is 4.53. The second kappa shape index (κ2) is 12.3. The molecule has 212 valence electrons. The number of nitrogens with one attached hydrogen (secondary N) is 1. The number of hydrogen-bond acceptors (Lipinski definition) is 7. The molecule has 5 rings (SSSR count). The smallest absolute Gasteiger partial charge is 0.367 e. The van der Waals surface area contributed by atoms with Gasteiger partial charge in [0.25, 0.3) is 0 Å². The first-order valence-electron chi connectivity index (χ1n) is 13.6. The van der Waals surface area contributed by atoms with Crippen LogP contribution in [0.2, 0.25) is 0 Å². The number of anilines is 1. The number of imidazole rings is 1. The van der Waals surface area contributed by atoms with Gasteiger partial charge in [0, 0.05) is 50.7 Å². The maximum absolute atomic E-state index is 13.1. The largest absolute Gasteiger partial charge is 0.416 e. The molecule has 40 heavy (non-hydrogen) atoms. The Labute approximate surface area is 232 Å². The van der Waals surface area contributed by atoms with Crippen LogP contribution in [-0.4, -0.2) is 76.1 Å². The number of alkyl halides is 3. The zero-order chi connectivity index (χ0) is 28.1. The van der Waals surface area contributed by atoms with Gasteiger partial charge < -0.3 is 20.5 Å². The molecule has 0 saturated carbocycles. The monoisotopic (exact) mass is 552 g/mol. The van der Waals surface area contributed by atoms with Crippen molar-refractivity contribution in [2.45, 2.75) is 32.1 Å². The van der Waals surface area contributed by atoms with Gasteiger partial charge in [-0.2, -0.15) is 13.2 Å². The minimum Gasteiger partial charge on any atom is -0.367 e. The summed E-state index contributed by atoms with van der Waals surface area (Å²) in [6.07, 6.45) is 0.948. The zero-order valence-electron chi connectivity index (χ0n) is 22.7. The van der Waals surface area contributed by atoms with Crippen molar-refractivity contribution >= 4 is 16.9 Å². The predicted molar refractivity (Wildman–Crippen MR) is 151 cm³/mol. The van der Waals surface area contributed by atoms with Crippen LogP contribution in [-0.2, 0) is 19.3 Å². The van der Waals surface area contributed by atoms with Crippen molar-refractivity contribution < 1.29 is 13.2 Å². The maximum atomic E-state index is 13.1. The Kier molecular flexibility index (Phi) is 8.63. The molecule has 8 nitrogen and oxygen atoms in total. The summed E-state index contributed by atoms with van der Waals surface area (Å²) >= 11 is 0. The fourth-order valence-corrected chi connectivity index (χ4v) is 5.11. The van der Waals surface area contributed by atoms with Crippen molar-refractivity contribution in [3.63, 3.8) is 0 Å². The second-order valence-electron chi connectivity index (χ2n) is 10.3. The number of H-pyrrole nitrogens is 1. The number of rotatable bonds is 10. The minimum atomic E-state index is -4.37.